The highest BCUT2D eigenvalue weighted by molar-refractivity contribution is 6.33. The van der Waals surface area contributed by atoms with Gasteiger partial charge in [0.15, 0.2) is 0 Å². The molecule has 0 amide bonds. The van der Waals surface area contributed by atoms with Crippen molar-refractivity contribution in [2.75, 3.05) is 0 Å². The number of benzene rings is 7. The smallest absolute Gasteiger partial charge is 0.139 e. The molecule has 7 aromatic carbocycles. The Labute approximate surface area is 336 Å². The lowest BCUT2D eigenvalue weighted by Gasteiger charge is -2.16. The molecule has 0 atom stereocenters. The molecule has 0 aliphatic heterocycles. The zero-order chi connectivity index (χ0) is 38.7. The maximum absolute atomic E-state index is 4.86. The van der Waals surface area contributed by atoms with Crippen LogP contribution in [-0.2, 0) is 0 Å². The van der Waals surface area contributed by atoms with Gasteiger partial charge >= 0.3 is 0 Å². The van der Waals surface area contributed by atoms with E-state index in [1.807, 2.05) is 24.5 Å². The molecular formula is C54H41BN2. The van der Waals surface area contributed by atoms with Crippen LogP contribution in [0, 0.1) is 13.8 Å². The topological polar surface area (TPSA) is 25.8 Å². The molecule has 0 N–H and O–H groups in total. The lowest BCUT2D eigenvalue weighted by atomic mass is 9.84. The molecule has 0 saturated carbocycles. The van der Waals surface area contributed by atoms with E-state index in [1.165, 1.54) is 72.2 Å². The largest absolute Gasteiger partial charge is 0.256 e. The van der Waals surface area contributed by atoms with E-state index in [9.17, 15) is 0 Å². The maximum atomic E-state index is 4.86. The highest BCUT2D eigenvalue weighted by Gasteiger charge is 2.14. The molecule has 0 unspecified atom stereocenters. The SMILES string of the molecule is Bc1cc(-c2ccccc2-c2ccc(-c3cc(C)c(-c4ccccc4)cn3)cc2)cc(-c2ccccc2-c2ccc(-c3cc(C)c(-c4ccccc4)cn3)cc2)c1. The van der Waals surface area contributed by atoms with Crippen molar-refractivity contribution in [3.63, 3.8) is 0 Å². The van der Waals surface area contributed by atoms with E-state index in [-0.39, 0.29) is 0 Å². The minimum Gasteiger partial charge on any atom is -0.256 e. The Balaban J connectivity index is 1.00. The van der Waals surface area contributed by atoms with Gasteiger partial charge < -0.3 is 0 Å². The van der Waals surface area contributed by atoms with Gasteiger partial charge in [-0.15, -0.1) is 0 Å². The second-order valence-corrected chi connectivity index (χ2v) is 14.8. The van der Waals surface area contributed by atoms with E-state index in [4.69, 9.17) is 9.97 Å². The molecule has 0 saturated heterocycles. The Morgan fingerprint density at radius 1 is 0.298 bits per heavy atom. The normalized spacial score (nSPS) is 11.1. The van der Waals surface area contributed by atoms with E-state index < -0.39 is 0 Å². The Hall–Kier alpha value is -7.10. The van der Waals surface area contributed by atoms with Crippen LogP contribution < -0.4 is 5.46 Å². The first-order valence-corrected chi connectivity index (χ1v) is 19.5. The molecular weight excluding hydrogens is 687 g/mol. The van der Waals surface area contributed by atoms with Crippen molar-refractivity contribution in [2.45, 2.75) is 13.8 Å². The lowest BCUT2D eigenvalue weighted by Crippen LogP contribution is -2.03. The first kappa shape index (κ1) is 35.6. The fraction of sp³-hybridized carbons (Fsp3) is 0.0370. The number of aryl methyl sites for hydroxylation is 2. The molecule has 3 heteroatoms. The summed E-state index contributed by atoms with van der Waals surface area (Å²) < 4.78 is 0. The summed E-state index contributed by atoms with van der Waals surface area (Å²) in [5.74, 6) is 0. The number of hydrogen-bond donors (Lipinski definition) is 0. The standard InChI is InChI=1S/C54H41BN2/c1-36-29-53(56-34-51(36)38-13-5-3-6-14-38)42-25-21-40(22-26-42)47-17-9-11-19-49(47)44-31-45(33-46(55)32-44)50-20-12-10-18-48(50)41-23-27-43(28-24-41)54-30-37(2)52(35-57-54)39-15-7-4-8-16-39/h3-35H,55H2,1-2H3. The van der Waals surface area contributed by atoms with Gasteiger partial charge in [0.1, 0.15) is 7.85 Å². The molecule has 0 fully saturated rings. The van der Waals surface area contributed by atoms with Crippen LogP contribution in [0.2, 0.25) is 0 Å². The fourth-order valence-electron chi connectivity index (χ4n) is 7.98. The highest BCUT2D eigenvalue weighted by Crippen LogP contribution is 2.38. The molecule has 0 radical (unpaired) electrons. The molecule has 0 bridgehead atoms. The van der Waals surface area contributed by atoms with Gasteiger partial charge in [0.05, 0.1) is 11.4 Å². The van der Waals surface area contributed by atoms with Crippen LogP contribution in [0.15, 0.2) is 200 Å². The average molecular weight is 729 g/mol. The van der Waals surface area contributed by atoms with Crippen LogP contribution in [0.4, 0.5) is 0 Å². The number of nitrogens with zero attached hydrogens (tertiary/aromatic N) is 2. The fourth-order valence-corrected chi connectivity index (χ4v) is 7.98. The second kappa shape index (κ2) is 15.6. The third kappa shape index (κ3) is 7.36. The summed E-state index contributed by atoms with van der Waals surface area (Å²) in [6, 6.07) is 67.3. The summed E-state index contributed by atoms with van der Waals surface area (Å²) in [4.78, 5) is 9.72. The first-order chi connectivity index (χ1) is 28.0. The van der Waals surface area contributed by atoms with Gasteiger partial charge in [-0.2, -0.15) is 0 Å². The van der Waals surface area contributed by atoms with Crippen molar-refractivity contribution >= 4 is 13.3 Å². The van der Waals surface area contributed by atoms with E-state index in [1.54, 1.807) is 0 Å². The summed E-state index contributed by atoms with van der Waals surface area (Å²) in [6.45, 7) is 4.32. The molecule has 0 spiro atoms. The molecule has 270 valence electrons. The van der Waals surface area contributed by atoms with Crippen LogP contribution in [-0.4, -0.2) is 17.8 Å². The molecule has 0 aliphatic carbocycles. The van der Waals surface area contributed by atoms with Crippen molar-refractivity contribution in [1.29, 1.82) is 0 Å². The summed E-state index contributed by atoms with van der Waals surface area (Å²) >= 11 is 0. The number of pyridine rings is 2. The van der Waals surface area contributed by atoms with Gasteiger partial charge in [0.25, 0.3) is 0 Å². The molecule has 57 heavy (non-hydrogen) atoms. The van der Waals surface area contributed by atoms with Gasteiger partial charge in [-0.05, 0) is 98.8 Å². The molecule has 2 nitrogen and oxygen atoms in total. The summed E-state index contributed by atoms with van der Waals surface area (Å²) in [7, 11) is 2.19. The Bertz CT molecular complexity index is 2650. The van der Waals surface area contributed by atoms with Gasteiger partial charge in [-0.1, -0.05) is 175 Å². The van der Waals surface area contributed by atoms with Crippen molar-refractivity contribution < 1.29 is 0 Å². The zero-order valence-corrected chi connectivity index (χ0v) is 32.4. The minimum atomic E-state index is 0.980. The quantitative estimate of drug-likeness (QED) is 0.146. The van der Waals surface area contributed by atoms with Crippen molar-refractivity contribution in [2.24, 2.45) is 0 Å². The van der Waals surface area contributed by atoms with Crippen LogP contribution in [0.5, 0.6) is 0 Å². The van der Waals surface area contributed by atoms with E-state index in [0.717, 1.165) is 33.6 Å². The van der Waals surface area contributed by atoms with Crippen LogP contribution >= 0.6 is 0 Å². The monoisotopic (exact) mass is 728 g/mol. The summed E-state index contributed by atoms with van der Waals surface area (Å²) in [6.07, 6.45) is 3.99. The van der Waals surface area contributed by atoms with Crippen LogP contribution in [0.3, 0.4) is 0 Å². The third-order valence-corrected chi connectivity index (χ3v) is 10.9. The second-order valence-electron chi connectivity index (χ2n) is 14.8. The number of aromatic nitrogens is 2. The van der Waals surface area contributed by atoms with E-state index in [2.05, 4.69) is 198 Å². The van der Waals surface area contributed by atoms with Crippen molar-refractivity contribution in [3.8, 4) is 89.3 Å². The van der Waals surface area contributed by atoms with E-state index in [0.29, 0.717) is 0 Å². The predicted octanol–water partition coefficient (Wildman–Crippen LogP) is 12.7. The molecule has 9 aromatic rings. The minimum absolute atomic E-state index is 0.980. The third-order valence-electron chi connectivity index (χ3n) is 10.9. The Morgan fingerprint density at radius 3 is 0.982 bits per heavy atom. The molecule has 0 aliphatic rings. The van der Waals surface area contributed by atoms with Gasteiger partial charge in [0.2, 0.25) is 0 Å². The molecule has 2 aromatic heterocycles. The van der Waals surface area contributed by atoms with Crippen molar-refractivity contribution in [3.05, 3.63) is 212 Å². The van der Waals surface area contributed by atoms with Gasteiger partial charge in [-0.3, -0.25) is 9.97 Å². The lowest BCUT2D eigenvalue weighted by molar-refractivity contribution is 1.29. The van der Waals surface area contributed by atoms with Crippen molar-refractivity contribution in [1.82, 2.24) is 9.97 Å². The van der Waals surface area contributed by atoms with Crippen LogP contribution in [0.25, 0.3) is 89.3 Å². The first-order valence-electron chi connectivity index (χ1n) is 19.5. The summed E-state index contributed by atoms with van der Waals surface area (Å²) in [5.41, 5.74) is 22.1. The molecule has 2 heterocycles. The van der Waals surface area contributed by atoms with Crippen LogP contribution in [0.1, 0.15) is 11.1 Å². The zero-order valence-electron chi connectivity index (χ0n) is 32.4. The van der Waals surface area contributed by atoms with Gasteiger partial charge in [0, 0.05) is 34.6 Å². The van der Waals surface area contributed by atoms with E-state index >= 15 is 0 Å². The highest BCUT2D eigenvalue weighted by atomic mass is 14.7. The number of hydrogen-bond acceptors (Lipinski definition) is 2. The Morgan fingerprint density at radius 2 is 0.614 bits per heavy atom. The average Bonchev–Trinajstić information content (AvgIpc) is 3.27. The maximum Gasteiger partial charge on any atom is 0.139 e. The predicted molar refractivity (Wildman–Crippen MR) is 243 cm³/mol. The summed E-state index contributed by atoms with van der Waals surface area (Å²) in [5, 5.41) is 0. The Kier molecular flexibility index (Phi) is 9.72. The molecule has 9 rings (SSSR count). The number of rotatable bonds is 8. The van der Waals surface area contributed by atoms with Gasteiger partial charge in [-0.25, -0.2) is 0 Å².